The second-order valence-electron chi connectivity index (χ2n) is 3.00. The Labute approximate surface area is 78.5 Å². The summed E-state index contributed by atoms with van der Waals surface area (Å²) in [6.45, 7) is 1.57. The fraction of sp³-hybridized carbons (Fsp3) is 0.600. The van der Waals surface area contributed by atoms with E-state index in [0.717, 1.165) is 12.8 Å². The van der Waals surface area contributed by atoms with E-state index in [0.29, 0.717) is 12.8 Å². The first kappa shape index (κ1) is 11.9. The van der Waals surface area contributed by atoms with Gasteiger partial charge in [0.05, 0.1) is 0 Å². The third-order valence-electron chi connectivity index (χ3n) is 1.59. The molecule has 74 valence electrons. The number of carbonyl (C=O) groups excluding carboxylic acids is 1. The van der Waals surface area contributed by atoms with Crippen molar-refractivity contribution in [3.63, 3.8) is 0 Å². The fourth-order valence-electron chi connectivity index (χ4n) is 0.893. The van der Waals surface area contributed by atoms with Gasteiger partial charge < -0.3 is 9.90 Å². The van der Waals surface area contributed by atoms with Crippen molar-refractivity contribution in [2.45, 2.75) is 39.0 Å². The molecule has 0 aromatic carbocycles. The Kier molecular flexibility index (Phi) is 6.88. The van der Waals surface area contributed by atoms with Gasteiger partial charge in [-0.15, -0.1) is 0 Å². The van der Waals surface area contributed by atoms with Gasteiger partial charge in [0.25, 0.3) is 0 Å². The zero-order valence-electron chi connectivity index (χ0n) is 7.95. The van der Waals surface area contributed by atoms with Gasteiger partial charge in [0, 0.05) is 12.8 Å². The molecule has 0 heterocycles. The van der Waals surface area contributed by atoms with Crippen molar-refractivity contribution in [1.29, 1.82) is 0 Å². The molecule has 3 heteroatoms. The number of hydrogen-bond acceptors (Lipinski definition) is 2. The summed E-state index contributed by atoms with van der Waals surface area (Å²) in [5.41, 5.74) is 0. The Bertz CT molecular complexity index is 194. The van der Waals surface area contributed by atoms with Crippen molar-refractivity contribution < 1.29 is 14.7 Å². The summed E-state index contributed by atoms with van der Waals surface area (Å²) in [4.78, 5) is 20.6. The molecule has 0 aliphatic heterocycles. The van der Waals surface area contributed by atoms with Crippen LogP contribution in [-0.4, -0.2) is 16.9 Å². The average Bonchev–Trinajstić information content (AvgIpc) is 2.01. The average molecular weight is 184 g/mol. The van der Waals surface area contributed by atoms with E-state index in [1.54, 1.807) is 6.92 Å². The second kappa shape index (κ2) is 7.53. The van der Waals surface area contributed by atoms with Gasteiger partial charge in [-0.25, -0.2) is 0 Å². The standard InChI is InChI=1S/C10H16O3/c1-9(11)7-5-3-2-4-6-8-10(12)13/h2-3H,4-8H2,1H3,(H,12,13)/b3-2-. The normalized spacial score (nSPS) is 10.5. The molecule has 0 spiro atoms. The number of unbranched alkanes of at least 4 members (excludes halogenated alkanes) is 1. The van der Waals surface area contributed by atoms with Gasteiger partial charge in [0.1, 0.15) is 5.78 Å². The van der Waals surface area contributed by atoms with E-state index >= 15 is 0 Å². The van der Waals surface area contributed by atoms with Crippen LogP contribution in [0.3, 0.4) is 0 Å². The van der Waals surface area contributed by atoms with Crippen LogP contribution in [0.4, 0.5) is 0 Å². The lowest BCUT2D eigenvalue weighted by Gasteiger charge is -1.91. The number of hydrogen-bond donors (Lipinski definition) is 1. The highest BCUT2D eigenvalue weighted by Crippen LogP contribution is 1.99. The van der Waals surface area contributed by atoms with Crippen molar-refractivity contribution >= 4 is 11.8 Å². The highest BCUT2D eigenvalue weighted by atomic mass is 16.4. The van der Waals surface area contributed by atoms with E-state index in [9.17, 15) is 9.59 Å². The molecule has 1 N–H and O–H groups in total. The van der Waals surface area contributed by atoms with E-state index in [-0.39, 0.29) is 12.2 Å². The van der Waals surface area contributed by atoms with Crippen molar-refractivity contribution in [2.75, 3.05) is 0 Å². The minimum Gasteiger partial charge on any atom is -0.481 e. The summed E-state index contributed by atoms with van der Waals surface area (Å²) < 4.78 is 0. The molecule has 0 rings (SSSR count). The molecular weight excluding hydrogens is 168 g/mol. The predicted molar refractivity (Wildman–Crippen MR) is 50.5 cm³/mol. The first-order chi connectivity index (χ1) is 6.13. The molecule has 0 aliphatic rings. The fourth-order valence-corrected chi connectivity index (χ4v) is 0.893. The van der Waals surface area contributed by atoms with Gasteiger partial charge in [-0.1, -0.05) is 12.2 Å². The zero-order valence-corrected chi connectivity index (χ0v) is 7.95. The highest BCUT2D eigenvalue weighted by molar-refractivity contribution is 5.75. The Hall–Kier alpha value is -1.12. The molecule has 0 radical (unpaired) electrons. The summed E-state index contributed by atoms with van der Waals surface area (Å²) in [7, 11) is 0. The largest absolute Gasteiger partial charge is 0.481 e. The smallest absolute Gasteiger partial charge is 0.303 e. The zero-order chi connectivity index (χ0) is 10.1. The molecule has 0 unspecified atom stereocenters. The molecule has 0 aliphatic carbocycles. The third kappa shape index (κ3) is 10.9. The maximum absolute atomic E-state index is 10.5. The maximum Gasteiger partial charge on any atom is 0.303 e. The molecule has 0 saturated carbocycles. The summed E-state index contributed by atoms with van der Waals surface area (Å²) in [5.74, 6) is -0.563. The van der Waals surface area contributed by atoms with Gasteiger partial charge in [-0.3, -0.25) is 4.79 Å². The van der Waals surface area contributed by atoms with Crippen LogP contribution in [0.15, 0.2) is 12.2 Å². The lowest BCUT2D eigenvalue weighted by molar-refractivity contribution is -0.137. The molecule has 13 heavy (non-hydrogen) atoms. The van der Waals surface area contributed by atoms with E-state index in [2.05, 4.69) is 0 Å². The van der Waals surface area contributed by atoms with Crippen molar-refractivity contribution in [3.8, 4) is 0 Å². The van der Waals surface area contributed by atoms with Gasteiger partial charge in [0.15, 0.2) is 0 Å². The SMILES string of the molecule is CC(=O)CC/C=C\CCCC(=O)O. The molecule has 0 bridgehead atoms. The first-order valence-electron chi connectivity index (χ1n) is 4.49. The Morgan fingerprint density at radius 3 is 2.31 bits per heavy atom. The number of allylic oxidation sites excluding steroid dienone is 2. The van der Waals surface area contributed by atoms with Crippen LogP contribution in [0.2, 0.25) is 0 Å². The summed E-state index contributed by atoms with van der Waals surface area (Å²) in [6.07, 6.45) is 6.89. The number of carboxylic acids is 1. The van der Waals surface area contributed by atoms with Crippen LogP contribution in [0.1, 0.15) is 39.0 Å². The van der Waals surface area contributed by atoms with Crippen molar-refractivity contribution in [2.24, 2.45) is 0 Å². The lowest BCUT2D eigenvalue weighted by atomic mass is 10.2. The van der Waals surface area contributed by atoms with E-state index in [1.165, 1.54) is 0 Å². The Morgan fingerprint density at radius 1 is 1.15 bits per heavy atom. The number of carbonyl (C=O) groups is 2. The summed E-state index contributed by atoms with van der Waals surface area (Å²) in [6, 6.07) is 0. The second-order valence-corrected chi connectivity index (χ2v) is 3.00. The molecule has 0 aromatic rings. The van der Waals surface area contributed by atoms with Crippen LogP contribution in [0.25, 0.3) is 0 Å². The van der Waals surface area contributed by atoms with Crippen LogP contribution >= 0.6 is 0 Å². The van der Waals surface area contributed by atoms with E-state index < -0.39 is 5.97 Å². The molecule has 0 fully saturated rings. The van der Waals surface area contributed by atoms with Gasteiger partial charge in [-0.05, 0) is 26.2 Å². The van der Waals surface area contributed by atoms with Gasteiger partial charge in [-0.2, -0.15) is 0 Å². The molecular formula is C10H16O3. The number of carboxylic acid groups (broad SMARTS) is 1. The lowest BCUT2D eigenvalue weighted by Crippen LogP contribution is -1.92. The molecule has 0 saturated heterocycles. The number of Topliss-reactive ketones (excluding diaryl/α,β-unsaturated/α-hetero) is 1. The molecule has 3 nitrogen and oxygen atoms in total. The van der Waals surface area contributed by atoms with Crippen LogP contribution < -0.4 is 0 Å². The minimum atomic E-state index is -0.753. The number of ketones is 1. The minimum absolute atomic E-state index is 0.190. The Morgan fingerprint density at radius 2 is 1.77 bits per heavy atom. The van der Waals surface area contributed by atoms with Crippen LogP contribution in [0.5, 0.6) is 0 Å². The monoisotopic (exact) mass is 184 g/mol. The topological polar surface area (TPSA) is 54.4 Å². The maximum atomic E-state index is 10.5. The van der Waals surface area contributed by atoms with Crippen molar-refractivity contribution in [1.82, 2.24) is 0 Å². The predicted octanol–water partition coefficient (Wildman–Crippen LogP) is 2.17. The number of rotatable bonds is 7. The summed E-state index contributed by atoms with van der Waals surface area (Å²) in [5, 5.41) is 8.32. The molecule has 0 aromatic heterocycles. The van der Waals surface area contributed by atoms with E-state index in [1.807, 2.05) is 12.2 Å². The Balaban J connectivity index is 3.22. The highest BCUT2D eigenvalue weighted by Gasteiger charge is 1.93. The van der Waals surface area contributed by atoms with Crippen LogP contribution in [-0.2, 0) is 9.59 Å². The molecule has 0 amide bonds. The summed E-state index contributed by atoms with van der Waals surface area (Å²) >= 11 is 0. The van der Waals surface area contributed by atoms with Gasteiger partial charge in [0.2, 0.25) is 0 Å². The number of aliphatic carboxylic acids is 1. The third-order valence-corrected chi connectivity index (χ3v) is 1.59. The van der Waals surface area contributed by atoms with Gasteiger partial charge >= 0.3 is 5.97 Å². The van der Waals surface area contributed by atoms with E-state index in [4.69, 9.17) is 5.11 Å². The first-order valence-corrected chi connectivity index (χ1v) is 4.49. The quantitative estimate of drug-likeness (QED) is 0.487. The molecule has 0 atom stereocenters. The van der Waals surface area contributed by atoms with Crippen molar-refractivity contribution in [3.05, 3.63) is 12.2 Å². The van der Waals surface area contributed by atoms with Crippen LogP contribution in [0, 0.1) is 0 Å².